The van der Waals surface area contributed by atoms with Gasteiger partial charge in [0.05, 0.1) is 18.5 Å². The minimum absolute atomic E-state index is 0.0597. The number of nitrogens with zero attached hydrogens (tertiary/aromatic N) is 2. The van der Waals surface area contributed by atoms with E-state index in [1.807, 2.05) is 54.6 Å². The van der Waals surface area contributed by atoms with E-state index in [0.717, 1.165) is 16.7 Å². The molecule has 3 amide bonds. The van der Waals surface area contributed by atoms with Crippen LogP contribution in [0.25, 0.3) is 0 Å². The molecule has 184 valence electrons. The molecule has 2 aliphatic heterocycles. The Bertz CT molecular complexity index is 1290. The van der Waals surface area contributed by atoms with Crippen LogP contribution in [0.3, 0.4) is 0 Å². The van der Waals surface area contributed by atoms with Gasteiger partial charge in [0, 0.05) is 6.54 Å². The van der Waals surface area contributed by atoms with Gasteiger partial charge in [-0.1, -0.05) is 62.4 Å². The highest BCUT2D eigenvalue weighted by Gasteiger charge is 2.44. The van der Waals surface area contributed by atoms with Crippen LogP contribution in [0.4, 0.5) is 5.69 Å². The molecule has 1 saturated heterocycles. The zero-order valence-corrected chi connectivity index (χ0v) is 20.3. The number of hydrogen-bond acceptors (Lipinski definition) is 5. The summed E-state index contributed by atoms with van der Waals surface area (Å²) in [5, 5.41) is 0. The van der Waals surface area contributed by atoms with E-state index in [9.17, 15) is 14.4 Å². The highest BCUT2D eigenvalue weighted by atomic mass is 16.7. The molecule has 7 nitrogen and oxygen atoms in total. The summed E-state index contributed by atoms with van der Waals surface area (Å²) in [6.45, 7) is 4.49. The first kappa shape index (κ1) is 23.6. The average Bonchev–Trinajstić information content (AvgIpc) is 3.46. The Labute approximate surface area is 210 Å². The highest BCUT2D eigenvalue weighted by Crippen LogP contribution is 2.34. The van der Waals surface area contributed by atoms with Crippen LogP contribution in [-0.4, -0.2) is 35.5 Å². The number of fused-ring (bicyclic) bond motifs is 1. The van der Waals surface area contributed by atoms with Crippen LogP contribution in [0, 0.1) is 0 Å². The summed E-state index contributed by atoms with van der Waals surface area (Å²) < 4.78 is 10.9. The summed E-state index contributed by atoms with van der Waals surface area (Å²) >= 11 is 0. The van der Waals surface area contributed by atoms with Gasteiger partial charge in [-0.25, -0.2) is 4.90 Å². The summed E-state index contributed by atoms with van der Waals surface area (Å²) in [5.41, 5.74) is 3.28. The Kier molecular flexibility index (Phi) is 6.46. The van der Waals surface area contributed by atoms with Crippen molar-refractivity contribution in [2.45, 2.75) is 45.2 Å². The fourth-order valence-electron chi connectivity index (χ4n) is 4.62. The Morgan fingerprint density at radius 3 is 2.39 bits per heavy atom. The molecule has 36 heavy (non-hydrogen) atoms. The van der Waals surface area contributed by atoms with Gasteiger partial charge < -0.3 is 14.4 Å². The predicted molar refractivity (Wildman–Crippen MR) is 135 cm³/mol. The maximum atomic E-state index is 13.6. The minimum Gasteiger partial charge on any atom is -0.454 e. The van der Waals surface area contributed by atoms with Crippen LogP contribution in [0.5, 0.6) is 11.5 Å². The van der Waals surface area contributed by atoms with Crippen molar-refractivity contribution in [1.82, 2.24) is 4.90 Å². The molecule has 0 aliphatic carbocycles. The summed E-state index contributed by atoms with van der Waals surface area (Å²) in [5.74, 6) is 0.657. The minimum atomic E-state index is -0.885. The molecule has 5 rings (SSSR count). The first-order chi connectivity index (χ1) is 17.4. The molecule has 2 heterocycles. The topological polar surface area (TPSA) is 76.2 Å². The summed E-state index contributed by atoms with van der Waals surface area (Å²) in [4.78, 5) is 42.9. The average molecular weight is 485 g/mol. The molecule has 0 bridgehead atoms. The Balaban J connectivity index is 1.43. The summed E-state index contributed by atoms with van der Waals surface area (Å²) in [7, 11) is 0. The molecule has 2 aliphatic rings. The number of carbonyl (C=O) groups excluding carboxylic acids is 3. The quantitative estimate of drug-likeness (QED) is 0.464. The van der Waals surface area contributed by atoms with Gasteiger partial charge in [-0.3, -0.25) is 14.4 Å². The lowest BCUT2D eigenvalue weighted by molar-refractivity contribution is -0.138. The van der Waals surface area contributed by atoms with Crippen LogP contribution >= 0.6 is 0 Å². The van der Waals surface area contributed by atoms with Crippen molar-refractivity contribution in [2.24, 2.45) is 0 Å². The monoisotopic (exact) mass is 484 g/mol. The van der Waals surface area contributed by atoms with Crippen molar-refractivity contribution < 1.29 is 23.9 Å². The number of imide groups is 1. The van der Waals surface area contributed by atoms with E-state index < -0.39 is 6.04 Å². The molecule has 0 N–H and O–H groups in total. The molecule has 0 aromatic heterocycles. The fourth-order valence-corrected chi connectivity index (χ4v) is 4.62. The molecule has 0 spiro atoms. The third-order valence-electron chi connectivity index (χ3n) is 6.63. The van der Waals surface area contributed by atoms with E-state index in [4.69, 9.17) is 9.47 Å². The van der Waals surface area contributed by atoms with Gasteiger partial charge in [0.25, 0.3) is 5.91 Å². The first-order valence-electron chi connectivity index (χ1n) is 12.1. The van der Waals surface area contributed by atoms with E-state index in [1.54, 1.807) is 18.2 Å². The number of rotatable bonds is 7. The molecular weight excluding hydrogens is 456 g/mol. The van der Waals surface area contributed by atoms with E-state index in [0.29, 0.717) is 23.1 Å². The number of benzene rings is 3. The second-order valence-corrected chi connectivity index (χ2v) is 9.41. The van der Waals surface area contributed by atoms with E-state index in [-0.39, 0.29) is 43.9 Å². The number of ether oxygens (including phenoxy) is 2. The molecule has 0 saturated carbocycles. The van der Waals surface area contributed by atoms with Crippen LogP contribution in [0.15, 0.2) is 72.8 Å². The molecule has 7 heteroatoms. The third-order valence-corrected chi connectivity index (χ3v) is 6.63. The smallest absolute Gasteiger partial charge is 0.257 e. The van der Waals surface area contributed by atoms with Crippen molar-refractivity contribution >= 4 is 23.4 Å². The largest absolute Gasteiger partial charge is 0.454 e. The Hall–Kier alpha value is -4.13. The van der Waals surface area contributed by atoms with E-state index in [2.05, 4.69) is 13.8 Å². The SMILES string of the molecule is CC(C)c1ccc(N2C(=O)CC(N(Cc3ccc4c(c3)OCO4)C(=O)Cc3ccccc3)C2=O)cc1. The zero-order chi connectivity index (χ0) is 25.2. The number of carbonyl (C=O) groups is 3. The number of amides is 3. The van der Waals surface area contributed by atoms with E-state index in [1.165, 1.54) is 9.80 Å². The van der Waals surface area contributed by atoms with Crippen molar-refractivity contribution in [3.63, 3.8) is 0 Å². The van der Waals surface area contributed by atoms with Gasteiger partial charge in [0.15, 0.2) is 11.5 Å². The van der Waals surface area contributed by atoms with Crippen LogP contribution in [0.1, 0.15) is 42.9 Å². The molecular formula is C29H28N2O5. The summed E-state index contributed by atoms with van der Waals surface area (Å²) in [6, 6.07) is 21.4. The lowest BCUT2D eigenvalue weighted by Crippen LogP contribution is -2.45. The van der Waals surface area contributed by atoms with Crippen molar-refractivity contribution in [2.75, 3.05) is 11.7 Å². The molecule has 0 radical (unpaired) electrons. The van der Waals surface area contributed by atoms with Gasteiger partial charge in [-0.2, -0.15) is 0 Å². The number of anilines is 1. The molecule has 1 unspecified atom stereocenters. The second kappa shape index (κ2) is 9.85. The first-order valence-corrected chi connectivity index (χ1v) is 12.1. The molecule has 1 fully saturated rings. The van der Waals surface area contributed by atoms with E-state index >= 15 is 0 Å². The fraction of sp³-hybridized carbons (Fsp3) is 0.276. The van der Waals surface area contributed by atoms with Gasteiger partial charge in [-0.15, -0.1) is 0 Å². The van der Waals surface area contributed by atoms with Crippen molar-refractivity contribution in [3.8, 4) is 11.5 Å². The Morgan fingerprint density at radius 1 is 0.944 bits per heavy atom. The molecule has 3 aromatic rings. The number of hydrogen-bond donors (Lipinski definition) is 0. The van der Waals surface area contributed by atoms with Gasteiger partial charge in [-0.05, 0) is 46.9 Å². The zero-order valence-electron chi connectivity index (χ0n) is 20.3. The lowest BCUT2D eigenvalue weighted by Gasteiger charge is -2.28. The second-order valence-electron chi connectivity index (χ2n) is 9.41. The van der Waals surface area contributed by atoms with Crippen LogP contribution in [-0.2, 0) is 27.3 Å². The van der Waals surface area contributed by atoms with Gasteiger partial charge >= 0.3 is 0 Å². The van der Waals surface area contributed by atoms with Gasteiger partial charge in [0.1, 0.15) is 6.04 Å². The highest BCUT2D eigenvalue weighted by molar-refractivity contribution is 6.23. The van der Waals surface area contributed by atoms with Crippen LogP contribution < -0.4 is 14.4 Å². The third kappa shape index (κ3) is 4.69. The summed E-state index contributed by atoms with van der Waals surface area (Å²) in [6.07, 6.45) is 0.0717. The predicted octanol–water partition coefficient (Wildman–Crippen LogP) is 4.44. The van der Waals surface area contributed by atoms with Gasteiger partial charge in [0.2, 0.25) is 18.6 Å². The van der Waals surface area contributed by atoms with Crippen LogP contribution in [0.2, 0.25) is 0 Å². The molecule has 1 atom stereocenters. The standard InChI is InChI=1S/C29H28N2O5/c1-19(2)22-9-11-23(12-10-22)31-28(33)16-24(29(31)34)30(27(32)15-20-6-4-3-5-7-20)17-21-8-13-25-26(14-21)36-18-35-25/h3-14,19,24H,15-18H2,1-2H3. The van der Waals surface area contributed by atoms with Crippen molar-refractivity contribution in [3.05, 3.63) is 89.5 Å². The Morgan fingerprint density at radius 2 is 1.67 bits per heavy atom. The maximum absolute atomic E-state index is 13.6. The lowest BCUT2D eigenvalue weighted by atomic mass is 10.0. The maximum Gasteiger partial charge on any atom is 0.257 e. The molecule has 3 aromatic carbocycles. The van der Waals surface area contributed by atoms with Crippen molar-refractivity contribution in [1.29, 1.82) is 0 Å². The normalized spacial score (nSPS) is 16.6.